The molecule has 2 saturated carbocycles. The second-order valence-corrected chi connectivity index (χ2v) is 9.10. The Morgan fingerprint density at radius 2 is 2.07 bits per heavy atom. The molecule has 0 saturated heterocycles. The number of aromatic nitrogens is 1. The van der Waals surface area contributed by atoms with Gasteiger partial charge in [0, 0.05) is 11.4 Å². The second kappa shape index (κ2) is 6.75. The minimum Gasteiger partial charge on any atom is -0.349 e. The Hall–Kier alpha value is -2.20. The lowest BCUT2D eigenvalue weighted by Crippen LogP contribution is -2.40. The van der Waals surface area contributed by atoms with E-state index in [9.17, 15) is 4.79 Å². The minimum absolute atomic E-state index is 0.0293. The summed E-state index contributed by atoms with van der Waals surface area (Å²) in [6, 6.07) is 14.2. The van der Waals surface area contributed by atoms with Crippen molar-refractivity contribution < 1.29 is 4.79 Å². The SMILES string of the molecule is C[C@H](NC(=O)c1cc(-c2cccs2)nc2ccccc12)[C@H]1C[C@@H]2CC[C@@H]1C2. The topological polar surface area (TPSA) is 42.0 Å². The molecular weight excluding hydrogens is 352 g/mol. The first-order chi connectivity index (χ1) is 13.2. The predicted octanol–water partition coefficient (Wildman–Crippen LogP) is 5.52. The zero-order valence-corrected chi connectivity index (χ0v) is 16.3. The van der Waals surface area contributed by atoms with Gasteiger partial charge < -0.3 is 5.32 Å². The number of carbonyl (C=O) groups is 1. The van der Waals surface area contributed by atoms with Gasteiger partial charge in [0.05, 0.1) is 21.7 Å². The highest BCUT2D eigenvalue weighted by atomic mass is 32.1. The summed E-state index contributed by atoms with van der Waals surface area (Å²) in [7, 11) is 0. The van der Waals surface area contributed by atoms with Crippen LogP contribution in [0.3, 0.4) is 0 Å². The largest absolute Gasteiger partial charge is 0.349 e. The molecule has 3 nitrogen and oxygen atoms in total. The normalized spacial score (nSPS) is 25.0. The number of amides is 1. The van der Waals surface area contributed by atoms with Gasteiger partial charge in [-0.15, -0.1) is 11.3 Å². The molecule has 0 aliphatic heterocycles. The van der Waals surface area contributed by atoms with E-state index in [-0.39, 0.29) is 11.9 Å². The Bertz CT molecular complexity index is 981. The van der Waals surface area contributed by atoms with Gasteiger partial charge in [-0.25, -0.2) is 4.98 Å². The molecule has 2 fully saturated rings. The maximum Gasteiger partial charge on any atom is 0.252 e. The molecule has 2 aliphatic carbocycles. The average Bonchev–Trinajstić information content (AvgIpc) is 3.44. The Morgan fingerprint density at radius 3 is 2.81 bits per heavy atom. The highest BCUT2D eigenvalue weighted by molar-refractivity contribution is 7.13. The third-order valence-corrected chi connectivity index (χ3v) is 7.42. The van der Waals surface area contributed by atoms with Crippen molar-refractivity contribution in [2.45, 2.75) is 38.6 Å². The summed E-state index contributed by atoms with van der Waals surface area (Å²) in [5, 5.41) is 6.30. The zero-order chi connectivity index (χ0) is 18.4. The third-order valence-electron chi connectivity index (χ3n) is 6.53. The Kier molecular flexibility index (Phi) is 4.24. The molecule has 0 radical (unpaired) electrons. The van der Waals surface area contributed by atoms with Crippen molar-refractivity contribution in [2.24, 2.45) is 17.8 Å². The van der Waals surface area contributed by atoms with Crippen molar-refractivity contribution in [1.29, 1.82) is 0 Å². The van der Waals surface area contributed by atoms with Crippen LogP contribution in [0.1, 0.15) is 43.0 Å². The molecule has 1 aromatic carbocycles. The van der Waals surface area contributed by atoms with E-state index in [0.29, 0.717) is 5.92 Å². The van der Waals surface area contributed by atoms with Crippen LogP contribution in [0.2, 0.25) is 0 Å². The van der Waals surface area contributed by atoms with Crippen LogP contribution in [-0.2, 0) is 0 Å². The molecule has 1 amide bonds. The van der Waals surface area contributed by atoms with Crippen LogP contribution in [0.15, 0.2) is 47.8 Å². The van der Waals surface area contributed by atoms with Gasteiger partial charge >= 0.3 is 0 Å². The summed E-state index contributed by atoms with van der Waals surface area (Å²) in [4.78, 5) is 19.1. The average molecular weight is 377 g/mol. The van der Waals surface area contributed by atoms with Crippen LogP contribution in [0.25, 0.3) is 21.5 Å². The Morgan fingerprint density at radius 1 is 1.19 bits per heavy atom. The smallest absolute Gasteiger partial charge is 0.252 e. The summed E-state index contributed by atoms with van der Waals surface area (Å²) in [6.07, 6.45) is 5.38. The maximum absolute atomic E-state index is 13.2. The second-order valence-electron chi connectivity index (χ2n) is 8.15. The maximum atomic E-state index is 13.2. The van der Waals surface area contributed by atoms with E-state index in [1.807, 2.05) is 41.8 Å². The fourth-order valence-corrected chi connectivity index (χ4v) is 5.90. The molecule has 0 spiro atoms. The quantitative estimate of drug-likeness (QED) is 0.651. The molecule has 2 bridgehead atoms. The van der Waals surface area contributed by atoms with E-state index in [0.717, 1.165) is 38.9 Å². The standard InChI is InChI=1S/C23H24N2OS/c1-14(18-12-15-8-9-16(18)11-15)24-23(26)19-13-21(22-7-4-10-27-22)25-20-6-3-2-5-17(19)20/h2-7,10,13-16,18H,8-9,11-12H2,1H3,(H,24,26)/t14-,15+,16+,18+/m0/s1. The first-order valence-corrected chi connectivity index (χ1v) is 10.8. The highest BCUT2D eigenvalue weighted by Crippen LogP contribution is 2.49. The molecule has 27 heavy (non-hydrogen) atoms. The molecule has 1 N–H and O–H groups in total. The van der Waals surface area contributed by atoms with E-state index >= 15 is 0 Å². The fraction of sp³-hybridized carbons (Fsp3) is 0.391. The first-order valence-electron chi connectivity index (χ1n) is 9.93. The van der Waals surface area contributed by atoms with Crippen LogP contribution < -0.4 is 5.32 Å². The Labute approximate surface area is 163 Å². The van der Waals surface area contributed by atoms with Gasteiger partial charge in [-0.05, 0) is 67.5 Å². The molecule has 2 heterocycles. The number of pyridine rings is 1. The molecule has 138 valence electrons. The lowest BCUT2D eigenvalue weighted by Gasteiger charge is -2.28. The van der Waals surface area contributed by atoms with Crippen molar-refractivity contribution in [1.82, 2.24) is 10.3 Å². The van der Waals surface area contributed by atoms with Crippen molar-refractivity contribution in [3.8, 4) is 10.6 Å². The van der Waals surface area contributed by atoms with Gasteiger partial charge in [-0.3, -0.25) is 4.79 Å². The van der Waals surface area contributed by atoms with Crippen molar-refractivity contribution >= 4 is 28.1 Å². The van der Waals surface area contributed by atoms with Crippen LogP contribution in [-0.4, -0.2) is 16.9 Å². The van der Waals surface area contributed by atoms with Crippen LogP contribution in [0.4, 0.5) is 0 Å². The zero-order valence-electron chi connectivity index (χ0n) is 15.5. The number of benzene rings is 1. The van der Waals surface area contributed by atoms with Crippen LogP contribution in [0.5, 0.6) is 0 Å². The van der Waals surface area contributed by atoms with Gasteiger partial charge in [0.2, 0.25) is 0 Å². The molecule has 4 atom stereocenters. The highest BCUT2D eigenvalue weighted by Gasteiger charge is 2.42. The summed E-state index contributed by atoms with van der Waals surface area (Å²) < 4.78 is 0. The molecule has 3 aromatic rings. The van der Waals surface area contributed by atoms with Gasteiger partial charge in [-0.2, -0.15) is 0 Å². The van der Waals surface area contributed by atoms with Crippen molar-refractivity contribution in [2.75, 3.05) is 0 Å². The number of thiophene rings is 1. The van der Waals surface area contributed by atoms with E-state index < -0.39 is 0 Å². The number of hydrogen-bond acceptors (Lipinski definition) is 3. The lowest BCUT2D eigenvalue weighted by atomic mass is 9.84. The predicted molar refractivity (Wildman–Crippen MR) is 111 cm³/mol. The van der Waals surface area contributed by atoms with Crippen LogP contribution >= 0.6 is 11.3 Å². The summed E-state index contributed by atoms with van der Waals surface area (Å²) in [5.41, 5.74) is 2.49. The molecule has 2 aromatic heterocycles. The van der Waals surface area contributed by atoms with E-state index in [1.165, 1.54) is 25.7 Å². The summed E-state index contributed by atoms with van der Waals surface area (Å²) in [6.45, 7) is 2.19. The van der Waals surface area contributed by atoms with Gasteiger partial charge in [0.25, 0.3) is 5.91 Å². The van der Waals surface area contributed by atoms with Crippen LogP contribution in [0, 0.1) is 17.8 Å². The number of nitrogens with one attached hydrogen (secondary N) is 1. The first kappa shape index (κ1) is 16.9. The number of para-hydroxylation sites is 1. The fourth-order valence-electron chi connectivity index (χ4n) is 5.21. The number of carbonyl (C=O) groups excluding carboxylic acids is 1. The number of rotatable bonds is 4. The molecule has 0 unspecified atom stereocenters. The molecule has 5 rings (SSSR count). The third kappa shape index (κ3) is 3.06. The lowest BCUT2D eigenvalue weighted by molar-refractivity contribution is 0.0917. The minimum atomic E-state index is 0.0293. The van der Waals surface area contributed by atoms with Gasteiger partial charge in [-0.1, -0.05) is 30.7 Å². The van der Waals surface area contributed by atoms with Crippen molar-refractivity contribution in [3.63, 3.8) is 0 Å². The number of fused-ring (bicyclic) bond motifs is 3. The van der Waals surface area contributed by atoms with E-state index in [4.69, 9.17) is 4.98 Å². The molecule has 4 heteroatoms. The van der Waals surface area contributed by atoms with E-state index in [2.05, 4.69) is 18.3 Å². The van der Waals surface area contributed by atoms with Crippen molar-refractivity contribution in [3.05, 3.63) is 53.4 Å². The molecule has 2 aliphatic rings. The Balaban J connectivity index is 1.47. The number of hydrogen-bond donors (Lipinski definition) is 1. The monoisotopic (exact) mass is 376 g/mol. The number of nitrogens with zero attached hydrogens (tertiary/aromatic N) is 1. The van der Waals surface area contributed by atoms with Gasteiger partial charge in [0.15, 0.2) is 0 Å². The summed E-state index contributed by atoms with van der Waals surface area (Å²) in [5.74, 6) is 2.37. The summed E-state index contributed by atoms with van der Waals surface area (Å²) >= 11 is 1.65. The molecular formula is C23H24N2OS. The van der Waals surface area contributed by atoms with Gasteiger partial charge in [0.1, 0.15) is 0 Å². The van der Waals surface area contributed by atoms with E-state index in [1.54, 1.807) is 11.3 Å².